The molecule has 3 aromatic carbocycles. The lowest BCUT2D eigenvalue weighted by molar-refractivity contribution is 0.576. The molecule has 34 heavy (non-hydrogen) atoms. The van der Waals surface area contributed by atoms with Gasteiger partial charge in [0.15, 0.2) is 0 Å². The molecule has 0 fully saturated rings. The molecule has 2 nitrogen and oxygen atoms in total. The van der Waals surface area contributed by atoms with Crippen LogP contribution in [0.3, 0.4) is 0 Å². The SMILES string of the molecule is Cc1cc(C)cc(-c2oc(-c3ccc(C(C)(C)C)cc3)cc2-c2occc2-c2ccccc2)c1. The summed E-state index contributed by atoms with van der Waals surface area (Å²) in [5.41, 5.74) is 9.07. The molecule has 0 amide bonds. The quantitative estimate of drug-likeness (QED) is 0.275. The lowest BCUT2D eigenvalue weighted by Crippen LogP contribution is -2.10. The summed E-state index contributed by atoms with van der Waals surface area (Å²) in [6.07, 6.45) is 1.76. The highest BCUT2D eigenvalue weighted by molar-refractivity contribution is 5.89. The molecule has 0 atom stereocenters. The molecule has 5 aromatic rings. The van der Waals surface area contributed by atoms with E-state index in [1.54, 1.807) is 6.26 Å². The van der Waals surface area contributed by atoms with Crippen molar-refractivity contribution in [3.8, 4) is 45.1 Å². The van der Waals surface area contributed by atoms with Crippen molar-refractivity contribution in [3.63, 3.8) is 0 Å². The average molecular weight is 447 g/mol. The van der Waals surface area contributed by atoms with Gasteiger partial charge in [0.25, 0.3) is 0 Å². The summed E-state index contributed by atoms with van der Waals surface area (Å²) in [4.78, 5) is 0. The average Bonchev–Trinajstić information content (AvgIpc) is 3.46. The molecule has 0 spiro atoms. The third kappa shape index (κ3) is 4.24. The molecule has 0 aliphatic rings. The Kier molecular flexibility index (Phi) is 5.53. The van der Waals surface area contributed by atoms with Crippen LogP contribution in [-0.4, -0.2) is 0 Å². The minimum absolute atomic E-state index is 0.107. The summed E-state index contributed by atoms with van der Waals surface area (Å²) < 4.78 is 12.7. The molecule has 0 saturated carbocycles. The summed E-state index contributed by atoms with van der Waals surface area (Å²) in [7, 11) is 0. The van der Waals surface area contributed by atoms with E-state index in [2.05, 4.69) is 107 Å². The number of rotatable bonds is 4. The van der Waals surface area contributed by atoms with E-state index in [1.165, 1.54) is 16.7 Å². The van der Waals surface area contributed by atoms with Crippen LogP contribution in [0.5, 0.6) is 0 Å². The molecule has 0 aliphatic carbocycles. The Morgan fingerprint density at radius 1 is 0.588 bits per heavy atom. The first kappa shape index (κ1) is 22.0. The Hall–Kier alpha value is -3.78. The first-order valence-corrected chi connectivity index (χ1v) is 11.8. The molecule has 5 rings (SSSR count). The molecular formula is C32H30O2. The van der Waals surface area contributed by atoms with Crippen LogP contribution >= 0.6 is 0 Å². The summed E-state index contributed by atoms with van der Waals surface area (Å²) >= 11 is 0. The zero-order valence-electron chi connectivity index (χ0n) is 20.5. The maximum Gasteiger partial charge on any atom is 0.145 e. The maximum absolute atomic E-state index is 6.58. The van der Waals surface area contributed by atoms with Gasteiger partial charge in [-0.1, -0.05) is 92.6 Å². The number of hydrogen-bond acceptors (Lipinski definition) is 2. The second kappa shape index (κ2) is 8.53. The van der Waals surface area contributed by atoms with Crippen LogP contribution in [0.15, 0.2) is 100 Å². The molecule has 0 saturated heterocycles. The predicted octanol–water partition coefficient (Wildman–Crippen LogP) is 9.45. The molecule has 0 bridgehead atoms. The van der Waals surface area contributed by atoms with Crippen LogP contribution in [0, 0.1) is 13.8 Å². The summed E-state index contributed by atoms with van der Waals surface area (Å²) in [6.45, 7) is 10.9. The maximum atomic E-state index is 6.58. The summed E-state index contributed by atoms with van der Waals surface area (Å²) in [5, 5.41) is 0. The van der Waals surface area contributed by atoms with Gasteiger partial charge in [0.2, 0.25) is 0 Å². The predicted molar refractivity (Wildman–Crippen MR) is 141 cm³/mol. The van der Waals surface area contributed by atoms with Crippen LogP contribution in [0.25, 0.3) is 45.1 Å². The zero-order chi connectivity index (χ0) is 23.9. The molecule has 0 N–H and O–H groups in total. The van der Waals surface area contributed by atoms with Crippen LogP contribution in [0.1, 0.15) is 37.5 Å². The van der Waals surface area contributed by atoms with E-state index in [4.69, 9.17) is 8.83 Å². The van der Waals surface area contributed by atoms with Crippen LogP contribution in [0.4, 0.5) is 0 Å². The molecule has 0 unspecified atom stereocenters. The van der Waals surface area contributed by atoms with E-state index < -0.39 is 0 Å². The van der Waals surface area contributed by atoms with Crippen molar-refractivity contribution in [2.45, 2.75) is 40.0 Å². The fraction of sp³-hybridized carbons (Fsp3) is 0.188. The van der Waals surface area contributed by atoms with Crippen LogP contribution in [-0.2, 0) is 5.41 Å². The third-order valence-electron chi connectivity index (χ3n) is 6.25. The Morgan fingerprint density at radius 3 is 1.91 bits per heavy atom. The van der Waals surface area contributed by atoms with Crippen LogP contribution < -0.4 is 0 Å². The van der Waals surface area contributed by atoms with Crippen molar-refractivity contribution in [2.24, 2.45) is 0 Å². The number of benzene rings is 3. The monoisotopic (exact) mass is 446 g/mol. The highest BCUT2D eigenvalue weighted by Gasteiger charge is 2.22. The highest BCUT2D eigenvalue weighted by Crippen LogP contribution is 2.43. The molecular weight excluding hydrogens is 416 g/mol. The van der Waals surface area contributed by atoms with E-state index >= 15 is 0 Å². The van der Waals surface area contributed by atoms with Crippen molar-refractivity contribution in [1.82, 2.24) is 0 Å². The number of aryl methyl sites for hydroxylation is 2. The van der Waals surface area contributed by atoms with E-state index in [0.717, 1.165) is 45.1 Å². The smallest absolute Gasteiger partial charge is 0.145 e. The number of hydrogen-bond donors (Lipinski definition) is 0. The Labute approximate surface area is 201 Å². The fourth-order valence-corrected chi connectivity index (χ4v) is 4.52. The molecule has 2 aromatic heterocycles. The van der Waals surface area contributed by atoms with E-state index in [0.29, 0.717) is 0 Å². The highest BCUT2D eigenvalue weighted by atomic mass is 16.4. The third-order valence-corrected chi connectivity index (χ3v) is 6.25. The van der Waals surface area contributed by atoms with E-state index in [9.17, 15) is 0 Å². The lowest BCUT2D eigenvalue weighted by atomic mass is 9.86. The summed E-state index contributed by atoms with van der Waals surface area (Å²) in [5.74, 6) is 2.48. The van der Waals surface area contributed by atoms with Crippen molar-refractivity contribution in [1.29, 1.82) is 0 Å². The second-order valence-electron chi connectivity index (χ2n) is 10.1. The van der Waals surface area contributed by atoms with Gasteiger partial charge in [0.1, 0.15) is 17.3 Å². The Balaban J connectivity index is 1.69. The second-order valence-corrected chi connectivity index (χ2v) is 10.1. The molecule has 2 heterocycles. The van der Waals surface area contributed by atoms with Gasteiger partial charge in [-0.05, 0) is 54.7 Å². The first-order valence-electron chi connectivity index (χ1n) is 11.8. The van der Waals surface area contributed by atoms with E-state index in [-0.39, 0.29) is 5.41 Å². The van der Waals surface area contributed by atoms with Crippen LogP contribution in [0.2, 0.25) is 0 Å². The van der Waals surface area contributed by atoms with Gasteiger partial charge in [-0.15, -0.1) is 0 Å². The number of furan rings is 2. The van der Waals surface area contributed by atoms with Gasteiger partial charge in [-0.25, -0.2) is 0 Å². The normalized spacial score (nSPS) is 11.7. The zero-order valence-corrected chi connectivity index (χ0v) is 20.5. The Bertz CT molecular complexity index is 1400. The van der Waals surface area contributed by atoms with Gasteiger partial charge in [0, 0.05) is 16.7 Å². The van der Waals surface area contributed by atoms with Crippen molar-refractivity contribution < 1.29 is 8.83 Å². The van der Waals surface area contributed by atoms with Crippen molar-refractivity contribution in [2.75, 3.05) is 0 Å². The van der Waals surface area contributed by atoms with Gasteiger partial charge < -0.3 is 8.83 Å². The first-order chi connectivity index (χ1) is 16.3. The topological polar surface area (TPSA) is 26.3 Å². The standard InChI is InChI=1S/C32H30O2/c1-21-17-22(2)19-25(18-21)30-28(31-27(15-16-33-31)23-9-7-6-8-10-23)20-29(34-30)24-11-13-26(14-12-24)32(3,4)5/h6-20H,1-5H3. The van der Waals surface area contributed by atoms with Crippen molar-refractivity contribution in [3.05, 3.63) is 108 Å². The fourth-order valence-electron chi connectivity index (χ4n) is 4.52. The van der Waals surface area contributed by atoms with Gasteiger partial charge in [0.05, 0.1) is 11.8 Å². The van der Waals surface area contributed by atoms with Gasteiger partial charge >= 0.3 is 0 Å². The summed E-state index contributed by atoms with van der Waals surface area (Å²) in [6, 6.07) is 29.7. The largest absolute Gasteiger partial charge is 0.464 e. The molecule has 170 valence electrons. The molecule has 0 radical (unpaired) electrons. The molecule has 0 aliphatic heterocycles. The van der Waals surface area contributed by atoms with E-state index in [1.807, 2.05) is 12.1 Å². The lowest BCUT2D eigenvalue weighted by Gasteiger charge is -2.18. The minimum Gasteiger partial charge on any atom is -0.464 e. The van der Waals surface area contributed by atoms with Gasteiger partial charge in [-0.3, -0.25) is 0 Å². The molecule has 2 heteroatoms. The Morgan fingerprint density at radius 2 is 1.26 bits per heavy atom. The van der Waals surface area contributed by atoms with Crippen molar-refractivity contribution >= 4 is 0 Å². The minimum atomic E-state index is 0.107. The van der Waals surface area contributed by atoms with Gasteiger partial charge in [-0.2, -0.15) is 0 Å².